The number of hydrogen-bond donors (Lipinski definition) is 1. The lowest BCUT2D eigenvalue weighted by Crippen LogP contribution is -2.62. The highest BCUT2D eigenvalue weighted by atomic mass is 16.6. The van der Waals surface area contributed by atoms with Crippen LogP contribution >= 0.6 is 0 Å². The van der Waals surface area contributed by atoms with Gasteiger partial charge in [0.15, 0.2) is 0 Å². The lowest BCUT2D eigenvalue weighted by Gasteiger charge is -2.49. The number of likely N-dealkylation sites (tertiary alicyclic amines) is 1. The van der Waals surface area contributed by atoms with Crippen molar-refractivity contribution in [3.8, 4) is 0 Å². The lowest BCUT2D eigenvalue weighted by atomic mass is 9.72. The van der Waals surface area contributed by atoms with Crippen molar-refractivity contribution in [3.63, 3.8) is 0 Å². The molecule has 2 aliphatic heterocycles. The Labute approximate surface area is 140 Å². The number of amides is 1. The first kappa shape index (κ1) is 17.0. The van der Waals surface area contributed by atoms with E-state index in [1.165, 1.54) is 6.42 Å². The molecule has 0 aromatic carbocycles. The number of hydrogen-bond acceptors (Lipinski definition) is 4. The van der Waals surface area contributed by atoms with E-state index in [-0.39, 0.29) is 11.6 Å². The molecule has 3 fully saturated rings. The Bertz CT molecular complexity index is 422. The molecule has 5 heteroatoms. The fraction of sp³-hybridized carbons (Fsp3) is 0.944. The Balaban J connectivity index is 1.58. The summed E-state index contributed by atoms with van der Waals surface area (Å²) in [6.45, 7) is 9.48. The molecule has 23 heavy (non-hydrogen) atoms. The van der Waals surface area contributed by atoms with Crippen LogP contribution in [0.5, 0.6) is 0 Å². The Morgan fingerprint density at radius 3 is 2.52 bits per heavy atom. The SMILES string of the molecule is CC(C)(C)OC(=O)N1CCC(NCC2CCOCC2)C12CCC2. The third kappa shape index (κ3) is 3.66. The molecule has 0 aromatic heterocycles. The molecule has 1 atom stereocenters. The van der Waals surface area contributed by atoms with E-state index < -0.39 is 5.60 Å². The second-order valence-corrected chi connectivity index (χ2v) is 8.39. The quantitative estimate of drug-likeness (QED) is 0.867. The van der Waals surface area contributed by atoms with Crippen molar-refractivity contribution in [1.82, 2.24) is 10.2 Å². The molecule has 0 aromatic rings. The molecule has 1 saturated carbocycles. The van der Waals surface area contributed by atoms with Crippen LogP contribution in [0.15, 0.2) is 0 Å². The summed E-state index contributed by atoms with van der Waals surface area (Å²) in [4.78, 5) is 14.6. The first-order valence-electron chi connectivity index (χ1n) is 9.22. The molecule has 1 aliphatic carbocycles. The summed E-state index contributed by atoms with van der Waals surface area (Å²) in [6, 6.07) is 0.423. The predicted octanol–water partition coefficient (Wildman–Crippen LogP) is 2.93. The second-order valence-electron chi connectivity index (χ2n) is 8.39. The summed E-state index contributed by atoms with van der Waals surface area (Å²) < 4.78 is 11.1. The molecule has 3 aliphatic rings. The van der Waals surface area contributed by atoms with Crippen LogP contribution < -0.4 is 5.32 Å². The number of nitrogens with one attached hydrogen (secondary N) is 1. The zero-order valence-corrected chi connectivity index (χ0v) is 14.9. The maximum atomic E-state index is 12.6. The Kier molecular flexibility index (Phi) is 4.88. The average Bonchev–Trinajstić information content (AvgIpc) is 2.84. The van der Waals surface area contributed by atoms with Crippen molar-refractivity contribution in [2.24, 2.45) is 5.92 Å². The summed E-state index contributed by atoms with van der Waals surface area (Å²) in [5.41, 5.74) is -0.414. The van der Waals surface area contributed by atoms with Crippen LogP contribution in [0.25, 0.3) is 0 Å². The number of rotatable bonds is 3. The molecule has 1 amide bonds. The highest BCUT2D eigenvalue weighted by Gasteiger charge is 2.55. The van der Waals surface area contributed by atoms with E-state index in [2.05, 4.69) is 5.32 Å². The molecule has 2 saturated heterocycles. The maximum absolute atomic E-state index is 12.6. The van der Waals surface area contributed by atoms with Gasteiger partial charge in [-0.25, -0.2) is 4.79 Å². The monoisotopic (exact) mass is 324 g/mol. The van der Waals surface area contributed by atoms with Crippen LogP contribution in [0.4, 0.5) is 4.79 Å². The van der Waals surface area contributed by atoms with Gasteiger partial charge in [-0.1, -0.05) is 0 Å². The normalized spacial score (nSPS) is 28.0. The summed E-state index contributed by atoms with van der Waals surface area (Å²) in [5, 5.41) is 3.79. The van der Waals surface area contributed by atoms with Crippen LogP contribution in [0.3, 0.4) is 0 Å². The van der Waals surface area contributed by atoms with Gasteiger partial charge in [-0.2, -0.15) is 0 Å². The van der Waals surface area contributed by atoms with Crippen molar-refractivity contribution in [2.45, 2.75) is 76.5 Å². The molecule has 0 radical (unpaired) electrons. The predicted molar refractivity (Wildman–Crippen MR) is 89.5 cm³/mol. The summed E-state index contributed by atoms with van der Waals surface area (Å²) >= 11 is 0. The largest absolute Gasteiger partial charge is 0.444 e. The average molecular weight is 324 g/mol. The summed E-state index contributed by atoms with van der Waals surface area (Å²) in [7, 11) is 0. The second kappa shape index (κ2) is 6.60. The van der Waals surface area contributed by atoms with Crippen molar-refractivity contribution < 1.29 is 14.3 Å². The van der Waals surface area contributed by atoms with Gasteiger partial charge >= 0.3 is 6.09 Å². The molecular formula is C18H32N2O3. The van der Waals surface area contributed by atoms with Crippen molar-refractivity contribution in [2.75, 3.05) is 26.3 Å². The fourth-order valence-corrected chi connectivity index (χ4v) is 4.24. The summed E-state index contributed by atoms with van der Waals surface area (Å²) in [5.74, 6) is 0.719. The van der Waals surface area contributed by atoms with Gasteiger partial charge in [-0.15, -0.1) is 0 Å². The van der Waals surface area contributed by atoms with Gasteiger partial charge in [0.05, 0.1) is 5.54 Å². The van der Waals surface area contributed by atoms with Gasteiger partial charge in [0.2, 0.25) is 0 Å². The van der Waals surface area contributed by atoms with Crippen molar-refractivity contribution in [1.29, 1.82) is 0 Å². The molecule has 132 valence electrons. The number of carbonyl (C=O) groups excluding carboxylic acids is 1. The molecule has 1 N–H and O–H groups in total. The number of nitrogens with zero attached hydrogens (tertiary/aromatic N) is 1. The van der Waals surface area contributed by atoms with E-state index in [1.807, 2.05) is 25.7 Å². The highest BCUT2D eigenvalue weighted by molar-refractivity contribution is 5.70. The van der Waals surface area contributed by atoms with Crippen molar-refractivity contribution >= 4 is 6.09 Å². The molecule has 0 bridgehead atoms. The Morgan fingerprint density at radius 2 is 1.96 bits per heavy atom. The number of ether oxygens (including phenoxy) is 2. The van der Waals surface area contributed by atoms with Crippen LogP contribution in [0.2, 0.25) is 0 Å². The van der Waals surface area contributed by atoms with E-state index in [0.717, 1.165) is 64.3 Å². The standard InChI is InChI=1S/C18H32N2O3/c1-17(2,3)23-16(21)20-10-5-15(18(20)8-4-9-18)19-13-14-6-11-22-12-7-14/h14-15,19H,4-13H2,1-3H3. The van der Waals surface area contributed by atoms with E-state index in [9.17, 15) is 4.79 Å². The van der Waals surface area contributed by atoms with E-state index in [4.69, 9.17) is 9.47 Å². The fourth-order valence-electron chi connectivity index (χ4n) is 4.24. The maximum Gasteiger partial charge on any atom is 0.410 e. The van der Waals surface area contributed by atoms with Crippen LogP contribution in [0, 0.1) is 5.92 Å². The third-order valence-electron chi connectivity index (χ3n) is 5.65. The smallest absolute Gasteiger partial charge is 0.410 e. The minimum absolute atomic E-state index is 0.00744. The Hall–Kier alpha value is -0.810. The molecule has 1 unspecified atom stereocenters. The first-order valence-corrected chi connectivity index (χ1v) is 9.22. The molecule has 1 spiro atoms. The van der Waals surface area contributed by atoms with Gasteiger partial charge in [-0.05, 0) is 71.8 Å². The van der Waals surface area contributed by atoms with E-state index >= 15 is 0 Å². The van der Waals surface area contributed by atoms with Gasteiger partial charge in [0.25, 0.3) is 0 Å². The van der Waals surface area contributed by atoms with Gasteiger partial charge in [-0.3, -0.25) is 0 Å². The minimum atomic E-state index is -0.421. The van der Waals surface area contributed by atoms with Gasteiger partial charge in [0.1, 0.15) is 5.60 Å². The summed E-state index contributed by atoms with van der Waals surface area (Å²) in [6.07, 6.45) is 6.66. The van der Waals surface area contributed by atoms with Gasteiger partial charge < -0.3 is 19.7 Å². The zero-order chi connectivity index (χ0) is 16.5. The Morgan fingerprint density at radius 1 is 1.26 bits per heavy atom. The topological polar surface area (TPSA) is 50.8 Å². The van der Waals surface area contributed by atoms with Crippen LogP contribution in [0.1, 0.15) is 59.3 Å². The third-order valence-corrected chi connectivity index (χ3v) is 5.65. The number of carbonyl (C=O) groups is 1. The first-order chi connectivity index (χ1) is 10.9. The molecule has 2 heterocycles. The molecule has 3 rings (SSSR count). The van der Waals surface area contributed by atoms with Crippen LogP contribution in [-0.2, 0) is 9.47 Å². The molecule has 5 nitrogen and oxygen atoms in total. The van der Waals surface area contributed by atoms with Gasteiger partial charge in [0, 0.05) is 25.8 Å². The molecular weight excluding hydrogens is 292 g/mol. The lowest BCUT2D eigenvalue weighted by molar-refractivity contribution is -0.0172. The van der Waals surface area contributed by atoms with Crippen LogP contribution in [-0.4, -0.2) is 54.5 Å². The van der Waals surface area contributed by atoms with E-state index in [0.29, 0.717) is 6.04 Å². The van der Waals surface area contributed by atoms with Crippen molar-refractivity contribution in [3.05, 3.63) is 0 Å². The van der Waals surface area contributed by atoms with E-state index in [1.54, 1.807) is 0 Å². The zero-order valence-electron chi connectivity index (χ0n) is 14.9. The highest BCUT2D eigenvalue weighted by Crippen LogP contribution is 2.46. The minimum Gasteiger partial charge on any atom is -0.444 e.